The minimum atomic E-state index is -0.890. The van der Waals surface area contributed by atoms with E-state index >= 15 is 0 Å². The Kier molecular flexibility index (Phi) is 2.99. The topological polar surface area (TPSA) is 67.2 Å². The molecule has 0 fully saturated rings. The van der Waals surface area contributed by atoms with E-state index in [2.05, 4.69) is 10.3 Å². The molecule has 0 unspecified atom stereocenters. The van der Waals surface area contributed by atoms with Gasteiger partial charge in [0.2, 0.25) is 5.95 Å². The first-order chi connectivity index (χ1) is 7.18. The van der Waals surface area contributed by atoms with Crippen molar-refractivity contribution in [3.63, 3.8) is 0 Å². The maximum absolute atomic E-state index is 11.2. The quantitative estimate of drug-likeness (QED) is 0.818. The summed E-state index contributed by atoms with van der Waals surface area (Å²) in [6, 6.07) is 0. The Balaban J connectivity index is 2.96. The lowest BCUT2D eigenvalue weighted by Crippen LogP contribution is -2.51. The van der Waals surface area contributed by atoms with Crippen LogP contribution in [0.15, 0.2) is 12.4 Å². The first kappa shape index (κ1) is 12.5. The molecule has 0 aliphatic carbocycles. The molecule has 1 heterocycles. The van der Waals surface area contributed by atoms with E-state index in [9.17, 15) is 9.90 Å². The molecule has 5 nitrogen and oxygen atoms in total. The maximum Gasteiger partial charge on any atom is 0.311 e. The average molecular weight is 225 g/mol. The van der Waals surface area contributed by atoms with Crippen molar-refractivity contribution < 1.29 is 9.90 Å². The van der Waals surface area contributed by atoms with Crippen molar-refractivity contribution in [2.24, 2.45) is 12.5 Å². The molecule has 16 heavy (non-hydrogen) atoms. The summed E-state index contributed by atoms with van der Waals surface area (Å²) in [6.07, 6.45) is 3.48. The highest BCUT2D eigenvalue weighted by Gasteiger charge is 2.44. The smallest absolute Gasteiger partial charge is 0.311 e. The van der Waals surface area contributed by atoms with Crippen LogP contribution in [0, 0.1) is 5.41 Å². The molecular formula is C11H19N3O2. The molecule has 90 valence electrons. The third kappa shape index (κ3) is 2.03. The summed E-state index contributed by atoms with van der Waals surface area (Å²) in [5.41, 5.74) is -1.49. The molecule has 0 aromatic carbocycles. The van der Waals surface area contributed by atoms with Gasteiger partial charge >= 0.3 is 5.97 Å². The minimum Gasteiger partial charge on any atom is -0.481 e. The number of aryl methyl sites for hydroxylation is 1. The van der Waals surface area contributed by atoms with Crippen molar-refractivity contribution in [1.29, 1.82) is 0 Å². The van der Waals surface area contributed by atoms with Crippen LogP contribution in [0.3, 0.4) is 0 Å². The molecule has 1 aromatic heterocycles. The zero-order chi connectivity index (χ0) is 12.6. The van der Waals surface area contributed by atoms with E-state index < -0.39 is 16.9 Å². The molecule has 0 aliphatic heterocycles. The number of hydrogen-bond acceptors (Lipinski definition) is 3. The summed E-state index contributed by atoms with van der Waals surface area (Å²) >= 11 is 0. The second kappa shape index (κ2) is 3.81. The molecule has 0 saturated heterocycles. The minimum absolute atomic E-state index is 0.599. The van der Waals surface area contributed by atoms with Crippen molar-refractivity contribution in [2.75, 3.05) is 5.32 Å². The normalized spacial score (nSPS) is 12.6. The van der Waals surface area contributed by atoms with Crippen molar-refractivity contribution in [3.8, 4) is 0 Å². The number of anilines is 1. The fourth-order valence-electron chi connectivity index (χ4n) is 1.19. The van der Waals surface area contributed by atoms with Crippen LogP contribution in [0.2, 0.25) is 0 Å². The zero-order valence-electron chi connectivity index (χ0n) is 10.4. The number of carbonyl (C=O) groups is 1. The van der Waals surface area contributed by atoms with Crippen LogP contribution in [-0.4, -0.2) is 26.2 Å². The number of nitrogens with zero attached hydrogens (tertiary/aromatic N) is 2. The van der Waals surface area contributed by atoms with E-state index in [1.165, 1.54) is 0 Å². The molecule has 5 heteroatoms. The highest BCUT2D eigenvalue weighted by atomic mass is 16.4. The zero-order valence-corrected chi connectivity index (χ0v) is 10.4. The van der Waals surface area contributed by atoms with Gasteiger partial charge in [-0.15, -0.1) is 0 Å². The SMILES string of the molecule is Cn1ccnc1NC(C)(C)C(C)(C)C(=O)O. The Bertz CT molecular complexity index is 394. The van der Waals surface area contributed by atoms with Crippen LogP contribution in [-0.2, 0) is 11.8 Å². The Morgan fingerprint density at radius 2 is 2.00 bits per heavy atom. The van der Waals surface area contributed by atoms with E-state index in [0.29, 0.717) is 5.95 Å². The number of rotatable bonds is 4. The van der Waals surface area contributed by atoms with E-state index in [1.807, 2.05) is 31.7 Å². The average Bonchev–Trinajstić information content (AvgIpc) is 2.50. The number of nitrogens with one attached hydrogen (secondary N) is 1. The van der Waals surface area contributed by atoms with Gasteiger partial charge in [0.1, 0.15) is 0 Å². The van der Waals surface area contributed by atoms with E-state index in [1.54, 1.807) is 20.0 Å². The van der Waals surface area contributed by atoms with Gasteiger partial charge in [-0.1, -0.05) is 0 Å². The first-order valence-corrected chi connectivity index (χ1v) is 5.17. The number of aliphatic carboxylic acids is 1. The number of aromatic nitrogens is 2. The first-order valence-electron chi connectivity index (χ1n) is 5.17. The van der Waals surface area contributed by atoms with Gasteiger partial charge < -0.3 is 15.0 Å². The van der Waals surface area contributed by atoms with Crippen LogP contribution in [0.5, 0.6) is 0 Å². The summed E-state index contributed by atoms with van der Waals surface area (Å²) < 4.78 is 1.82. The summed E-state index contributed by atoms with van der Waals surface area (Å²) in [7, 11) is 1.86. The molecule has 0 amide bonds. The number of imidazole rings is 1. The lowest BCUT2D eigenvalue weighted by molar-refractivity contribution is -0.149. The van der Waals surface area contributed by atoms with Gasteiger partial charge in [0.05, 0.1) is 11.0 Å². The Morgan fingerprint density at radius 1 is 1.44 bits per heavy atom. The van der Waals surface area contributed by atoms with Gasteiger partial charge in [-0.3, -0.25) is 4.79 Å². The van der Waals surface area contributed by atoms with Gasteiger partial charge in [-0.25, -0.2) is 4.98 Å². The van der Waals surface area contributed by atoms with E-state index in [0.717, 1.165) is 0 Å². The Hall–Kier alpha value is -1.52. The fraction of sp³-hybridized carbons (Fsp3) is 0.636. The Labute approximate surface area is 95.5 Å². The van der Waals surface area contributed by atoms with Gasteiger partial charge in [-0.05, 0) is 27.7 Å². The number of hydrogen-bond donors (Lipinski definition) is 2. The molecule has 0 radical (unpaired) electrons. The van der Waals surface area contributed by atoms with Crippen molar-refractivity contribution >= 4 is 11.9 Å². The molecule has 0 atom stereocenters. The molecule has 0 aliphatic rings. The molecule has 1 rings (SSSR count). The predicted molar refractivity (Wildman–Crippen MR) is 62.3 cm³/mol. The van der Waals surface area contributed by atoms with Gasteiger partial charge in [0.25, 0.3) is 0 Å². The largest absolute Gasteiger partial charge is 0.481 e. The van der Waals surface area contributed by atoms with Crippen LogP contribution in [0.1, 0.15) is 27.7 Å². The van der Waals surface area contributed by atoms with E-state index in [-0.39, 0.29) is 0 Å². The van der Waals surface area contributed by atoms with Crippen LogP contribution < -0.4 is 5.32 Å². The molecule has 1 aromatic rings. The van der Waals surface area contributed by atoms with Crippen LogP contribution in [0.25, 0.3) is 0 Å². The number of carboxylic acids is 1. The predicted octanol–water partition coefficient (Wildman–Crippen LogP) is 1.72. The molecule has 2 N–H and O–H groups in total. The lowest BCUT2D eigenvalue weighted by Gasteiger charge is -2.39. The summed E-state index contributed by atoms with van der Waals surface area (Å²) in [5.74, 6) is -0.168. The van der Waals surface area contributed by atoms with Crippen molar-refractivity contribution in [3.05, 3.63) is 12.4 Å². The van der Waals surface area contributed by atoms with E-state index in [4.69, 9.17) is 0 Å². The molecule has 0 saturated carbocycles. The van der Waals surface area contributed by atoms with Crippen molar-refractivity contribution in [1.82, 2.24) is 9.55 Å². The standard InChI is InChI=1S/C11H19N3O2/c1-10(2,8(15)16)11(3,4)13-9-12-6-7-14(9)5/h6-7H,1-5H3,(H,12,13)(H,15,16). The lowest BCUT2D eigenvalue weighted by atomic mass is 9.74. The highest BCUT2D eigenvalue weighted by molar-refractivity contribution is 5.76. The number of carboxylic acid groups (broad SMARTS) is 1. The van der Waals surface area contributed by atoms with Gasteiger partial charge in [-0.2, -0.15) is 0 Å². The van der Waals surface area contributed by atoms with Crippen molar-refractivity contribution in [2.45, 2.75) is 33.2 Å². The third-order valence-corrected chi connectivity index (χ3v) is 3.34. The monoisotopic (exact) mass is 225 g/mol. The van der Waals surface area contributed by atoms with Gasteiger partial charge in [0.15, 0.2) is 0 Å². The summed E-state index contributed by atoms with van der Waals surface area (Å²) in [5, 5.41) is 12.4. The second-order valence-electron chi connectivity index (χ2n) is 5.04. The maximum atomic E-state index is 11.2. The Morgan fingerprint density at radius 3 is 2.38 bits per heavy atom. The molecule has 0 bridgehead atoms. The summed E-state index contributed by atoms with van der Waals surface area (Å²) in [6.45, 7) is 7.11. The van der Waals surface area contributed by atoms with Crippen LogP contribution >= 0.6 is 0 Å². The van der Waals surface area contributed by atoms with Gasteiger partial charge in [0, 0.05) is 19.4 Å². The fourth-order valence-corrected chi connectivity index (χ4v) is 1.19. The van der Waals surface area contributed by atoms with Crippen LogP contribution in [0.4, 0.5) is 5.95 Å². The molecule has 0 spiro atoms. The highest BCUT2D eigenvalue weighted by Crippen LogP contribution is 2.33. The molecular weight excluding hydrogens is 206 g/mol. The second-order valence-corrected chi connectivity index (χ2v) is 5.04. The third-order valence-electron chi connectivity index (χ3n) is 3.34. The summed E-state index contributed by atoms with van der Waals surface area (Å²) in [4.78, 5) is 15.3.